The molecule has 0 unspecified atom stereocenters. The van der Waals surface area contributed by atoms with E-state index < -0.39 is 24.1 Å². The Morgan fingerprint density at radius 1 is 0.370 bits per heavy atom. The Bertz CT molecular complexity index is 883. The summed E-state index contributed by atoms with van der Waals surface area (Å²) in [5.41, 5.74) is 4.79. The van der Waals surface area contributed by atoms with Crippen LogP contribution in [0.1, 0.15) is 0 Å². The Kier molecular flexibility index (Phi) is 5.81. The zero-order valence-corrected chi connectivity index (χ0v) is 17.2. The second kappa shape index (κ2) is 8.84. The van der Waals surface area contributed by atoms with Gasteiger partial charge in [0.05, 0.1) is 0 Å². The normalized spacial score (nSPS) is 10.2. The van der Waals surface area contributed by atoms with Crippen molar-refractivity contribution in [2.75, 3.05) is 0 Å². The van der Waals surface area contributed by atoms with Crippen molar-refractivity contribution in [1.82, 2.24) is 0 Å². The summed E-state index contributed by atoms with van der Waals surface area (Å²) in [5.74, 6) is 1.73. The van der Waals surface area contributed by atoms with Gasteiger partial charge in [0.25, 0.3) is 0 Å². The second-order valence-corrected chi connectivity index (χ2v) is 7.48. The number of hydrogen-bond acceptors (Lipinski definition) is 2. The van der Waals surface area contributed by atoms with E-state index in [1.165, 1.54) is 22.3 Å². The minimum absolute atomic E-state index is 0.863. The Balaban J connectivity index is 1.32. The molecule has 27 heavy (non-hydrogen) atoms. The fourth-order valence-corrected chi connectivity index (χ4v) is 4.05. The topological polar surface area (TPSA) is 18.5 Å². The van der Waals surface area contributed by atoms with Gasteiger partial charge in [-0.3, -0.25) is 0 Å². The Labute approximate surface area is 172 Å². The quantitative estimate of drug-likeness (QED) is 0.353. The molecule has 0 radical (unpaired) electrons. The summed E-state index contributed by atoms with van der Waals surface area (Å²) in [6, 6.07) is 37.0. The van der Waals surface area contributed by atoms with Crippen molar-refractivity contribution in [3.63, 3.8) is 0 Å². The molecular formula is C24H18O2Zr. The van der Waals surface area contributed by atoms with Gasteiger partial charge in [0.1, 0.15) is 0 Å². The third kappa shape index (κ3) is 4.75. The monoisotopic (exact) mass is 428 g/mol. The van der Waals surface area contributed by atoms with Gasteiger partial charge >= 0.3 is 173 Å². The summed E-state index contributed by atoms with van der Waals surface area (Å²) in [7, 11) is 0. The fraction of sp³-hybridized carbons (Fsp3) is 0. The molecule has 130 valence electrons. The molecule has 0 amide bonds. The van der Waals surface area contributed by atoms with Crippen LogP contribution in [0.5, 0.6) is 11.5 Å². The molecular weight excluding hydrogens is 411 g/mol. The molecule has 0 saturated heterocycles. The van der Waals surface area contributed by atoms with Crippen LogP contribution in [0.15, 0.2) is 109 Å². The van der Waals surface area contributed by atoms with Gasteiger partial charge < -0.3 is 0 Å². The van der Waals surface area contributed by atoms with Gasteiger partial charge in [-0.25, -0.2) is 0 Å². The van der Waals surface area contributed by atoms with Crippen LogP contribution in [-0.2, 0) is 24.1 Å². The molecule has 0 bridgehead atoms. The van der Waals surface area contributed by atoms with E-state index in [2.05, 4.69) is 48.5 Å². The maximum absolute atomic E-state index is 5.86. The first-order valence-corrected chi connectivity index (χ1v) is 10.8. The number of rotatable bonds is 6. The zero-order valence-electron chi connectivity index (χ0n) is 14.7. The Morgan fingerprint density at radius 3 is 1.07 bits per heavy atom. The van der Waals surface area contributed by atoms with E-state index >= 15 is 0 Å². The summed E-state index contributed by atoms with van der Waals surface area (Å²) >= 11 is -1.43. The Hall–Kier alpha value is -2.64. The van der Waals surface area contributed by atoms with Crippen LogP contribution < -0.4 is 5.63 Å². The number of benzene rings is 4. The molecule has 4 rings (SSSR count). The molecule has 4 aromatic rings. The molecule has 2 nitrogen and oxygen atoms in total. The van der Waals surface area contributed by atoms with Crippen molar-refractivity contribution in [3.8, 4) is 33.8 Å². The molecule has 0 aliphatic heterocycles. The molecule has 0 fully saturated rings. The van der Waals surface area contributed by atoms with Crippen LogP contribution in [-0.4, -0.2) is 0 Å². The predicted molar refractivity (Wildman–Crippen MR) is 105 cm³/mol. The SMILES string of the molecule is c1ccc(-c2ccc([O][Zr][O]c3ccc(-c4ccccc4)cc3)cc2)cc1. The van der Waals surface area contributed by atoms with Gasteiger partial charge in [-0.15, -0.1) is 0 Å². The summed E-state index contributed by atoms with van der Waals surface area (Å²) in [6.07, 6.45) is 0. The van der Waals surface area contributed by atoms with E-state index in [1.54, 1.807) is 0 Å². The van der Waals surface area contributed by atoms with Gasteiger partial charge in [-0.2, -0.15) is 0 Å². The van der Waals surface area contributed by atoms with Crippen molar-refractivity contribution >= 4 is 0 Å². The molecule has 0 saturated carbocycles. The van der Waals surface area contributed by atoms with E-state index in [0.717, 1.165) is 11.5 Å². The van der Waals surface area contributed by atoms with E-state index in [4.69, 9.17) is 5.63 Å². The second-order valence-electron chi connectivity index (χ2n) is 6.07. The zero-order chi connectivity index (χ0) is 18.3. The molecule has 0 spiro atoms. The van der Waals surface area contributed by atoms with Crippen LogP contribution >= 0.6 is 0 Å². The Morgan fingerprint density at radius 2 is 0.704 bits per heavy atom. The summed E-state index contributed by atoms with van der Waals surface area (Å²) in [4.78, 5) is 0. The van der Waals surface area contributed by atoms with Gasteiger partial charge in [-0.1, -0.05) is 0 Å². The maximum atomic E-state index is 5.86. The van der Waals surface area contributed by atoms with Crippen LogP contribution in [0.4, 0.5) is 0 Å². The van der Waals surface area contributed by atoms with E-state index in [9.17, 15) is 0 Å². The van der Waals surface area contributed by atoms with Crippen molar-refractivity contribution < 1.29 is 29.7 Å². The minimum atomic E-state index is -1.43. The van der Waals surface area contributed by atoms with Crippen LogP contribution in [0.2, 0.25) is 0 Å². The summed E-state index contributed by atoms with van der Waals surface area (Å²) in [5, 5.41) is 0. The molecule has 4 aromatic carbocycles. The predicted octanol–water partition coefficient (Wildman–Crippen LogP) is 6.39. The van der Waals surface area contributed by atoms with Gasteiger partial charge in [0.2, 0.25) is 0 Å². The van der Waals surface area contributed by atoms with Crippen LogP contribution in [0, 0.1) is 0 Å². The summed E-state index contributed by atoms with van der Waals surface area (Å²) < 4.78 is 11.7. The van der Waals surface area contributed by atoms with E-state index in [0.29, 0.717) is 0 Å². The third-order valence-electron chi connectivity index (χ3n) is 4.24. The van der Waals surface area contributed by atoms with E-state index in [-0.39, 0.29) is 0 Å². The molecule has 3 heteroatoms. The molecule has 0 aliphatic carbocycles. The number of hydrogen-bond donors (Lipinski definition) is 0. The molecule has 0 aliphatic rings. The van der Waals surface area contributed by atoms with Crippen molar-refractivity contribution in [2.24, 2.45) is 0 Å². The van der Waals surface area contributed by atoms with Gasteiger partial charge in [0.15, 0.2) is 0 Å². The fourth-order valence-electron chi connectivity index (χ4n) is 2.81. The average Bonchev–Trinajstić information content (AvgIpc) is 2.76. The standard InChI is InChI=1S/2C12H10O.Zr/c2*13-12-8-6-11(7-9-12)10-4-2-1-3-5-10;/h2*1-9,13H;/q;;+2/p-2. The first-order chi connectivity index (χ1) is 13.4. The van der Waals surface area contributed by atoms with Crippen LogP contribution in [0.25, 0.3) is 22.3 Å². The summed E-state index contributed by atoms with van der Waals surface area (Å²) in [6.45, 7) is 0. The first-order valence-electron chi connectivity index (χ1n) is 8.78. The van der Waals surface area contributed by atoms with Gasteiger partial charge in [-0.05, 0) is 0 Å². The average molecular weight is 430 g/mol. The van der Waals surface area contributed by atoms with Crippen molar-refractivity contribution in [3.05, 3.63) is 109 Å². The molecule has 0 aromatic heterocycles. The molecule has 0 heterocycles. The van der Waals surface area contributed by atoms with Crippen LogP contribution in [0.3, 0.4) is 0 Å². The van der Waals surface area contributed by atoms with Crippen molar-refractivity contribution in [2.45, 2.75) is 0 Å². The van der Waals surface area contributed by atoms with Gasteiger partial charge in [0, 0.05) is 0 Å². The third-order valence-corrected chi connectivity index (χ3v) is 5.81. The first kappa shape index (κ1) is 17.8. The van der Waals surface area contributed by atoms with Crippen molar-refractivity contribution in [1.29, 1.82) is 0 Å². The molecule has 0 N–H and O–H groups in total. The molecule has 0 atom stereocenters. The van der Waals surface area contributed by atoms with E-state index in [1.807, 2.05) is 60.7 Å².